The number of hydrogen-bond acceptors (Lipinski definition) is 6. The second-order valence-corrected chi connectivity index (χ2v) is 15.6. The smallest absolute Gasteiger partial charge is 0.462 e. The quantitative estimate of drug-likeness (QED) is 0.0355. The molecule has 2 atom stereocenters. The van der Waals surface area contributed by atoms with E-state index in [1.54, 1.807) is 0 Å². The molecule has 0 bridgehead atoms. The summed E-state index contributed by atoms with van der Waals surface area (Å²) in [6, 6.07) is 0. The minimum Gasteiger partial charge on any atom is -0.462 e. The number of esters is 1. The predicted molar refractivity (Wildman–Crippen MR) is 228 cm³/mol. The van der Waals surface area contributed by atoms with Crippen molar-refractivity contribution in [3.63, 3.8) is 0 Å². The van der Waals surface area contributed by atoms with Crippen LogP contribution in [0.25, 0.3) is 0 Å². The zero-order chi connectivity index (χ0) is 38.9. The highest BCUT2D eigenvalue weighted by atomic mass is 16.7. The molecule has 0 aliphatic carbocycles. The highest BCUT2D eigenvalue weighted by Gasteiger charge is 2.15. The molecule has 0 fully saturated rings. The first kappa shape index (κ1) is 50.9. The van der Waals surface area contributed by atoms with E-state index < -0.39 is 6.16 Å². The summed E-state index contributed by atoms with van der Waals surface area (Å²) in [4.78, 5) is 26.0. The second kappa shape index (κ2) is 41.1. The van der Waals surface area contributed by atoms with Gasteiger partial charge in [-0.1, -0.05) is 147 Å². The summed E-state index contributed by atoms with van der Waals surface area (Å²) in [6.45, 7) is 7.31. The molecule has 1 unspecified atom stereocenters. The van der Waals surface area contributed by atoms with Gasteiger partial charge in [-0.25, -0.2) is 4.79 Å². The number of allylic oxidation sites excluding steroid dienone is 5. The van der Waals surface area contributed by atoms with Gasteiger partial charge in [0, 0.05) is 19.9 Å². The Bertz CT molecular complexity index is 882. The summed E-state index contributed by atoms with van der Waals surface area (Å²) in [5.41, 5.74) is 0. The van der Waals surface area contributed by atoms with E-state index in [-0.39, 0.29) is 18.2 Å². The van der Waals surface area contributed by atoms with Crippen LogP contribution in [0.5, 0.6) is 0 Å². The number of hydrogen-bond donors (Lipinski definition) is 0. The van der Waals surface area contributed by atoms with Crippen molar-refractivity contribution in [1.29, 1.82) is 0 Å². The predicted octanol–water partition coefficient (Wildman–Crippen LogP) is 14.4. The van der Waals surface area contributed by atoms with Crippen molar-refractivity contribution >= 4 is 12.1 Å². The molecule has 6 heteroatoms. The Morgan fingerprint density at radius 2 is 0.943 bits per heavy atom. The van der Waals surface area contributed by atoms with E-state index >= 15 is 0 Å². The van der Waals surface area contributed by atoms with E-state index in [0.717, 1.165) is 70.8 Å². The van der Waals surface area contributed by atoms with Crippen LogP contribution in [-0.2, 0) is 19.0 Å². The Hall–Kier alpha value is -2.08. The van der Waals surface area contributed by atoms with Crippen molar-refractivity contribution in [1.82, 2.24) is 4.90 Å². The van der Waals surface area contributed by atoms with Crippen molar-refractivity contribution in [3.8, 4) is 0 Å². The highest BCUT2D eigenvalue weighted by Crippen LogP contribution is 2.19. The van der Waals surface area contributed by atoms with Gasteiger partial charge in [0.25, 0.3) is 0 Å². The first-order valence-electron chi connectivity index (χ1n) is 22.5. The summed E-state index contributed by atoms with van der Waals surface area (Å²) < 4.78 is 16.7. The van der Waals surface area contributed by atoms with Gasteiger partial charge >= 0.3 is 12.1 Å². The molecule has 0 aromatic rings. The van der Waals surface area contributed by atoms with Crippen LogP contribution >= 0.6 is 0 Å². The maximum Gasteiger partial charge on any atom is 0.508 e. The fourth-order valence-corrected chi connectivity index (χ4v) is 6.65. The Kier molecular flexibility index (Phi) is 39.5. The largest absolute Gasteiger partial charge is 0.508 e. The van der Waals surface area contributed by atoms with Crippen molar-refractivity contribution in [3.05, 3.63) is 36.5 Å². The number of carbonyl (C=O) groups excluding carboxylic acids is 2. The summed E-state index contributed by atoms with van der Waals surface area (Å²) in [6.07, 6.45) is 48.6. The molecular weight excluding hydrogens is 659 g/mol. The fourth-order valence-electron chi connectivity index (χ4n) is 6.65. The molecule has 0 amide bonds. The Morgan fingerprint density at radius 1 is 0.509 bits per heavy atom. The number of rotatable bonds is 39. The van der Waals surface area contributed by atoms with E-state index in [0.29, 0.717) is 6.61 Å². The van der Waals surface area contributed by atoms with Crippen LogP contribution in [0, 0.1) is 0 Å². The maximum atomic E-state index is 12.4. The van der Waals surface area contributed by atoms with Crippen molar-refractivity contribution in [2.24, 2.45) is 0 Å². The lowest BCUT2D eigenvalue weighted by Crippen LogP contribution is -2.21. The lowest BCUT2D eigenvalue weighted by atomic mass is 10.0. The second-order valence-electron chi connectivity index (χ2n) is 15.6. The molecule has 0 spiro atoms. The number of unbranched alkanes of at least 4 members (excludes halogenated alkanes) is 20. The average Bonchev–Trinajstić information content (AvgIpc) is 3.13. The summed E-state index contributed by atoms with van der Waals surface area (Å²) in [5, 5.41) is 0. The minimum atomic E-state index is -0.490. The van der Waals surface area contributed by atoms with Crippen LogP contribution < -0.4 is 0 Å². The summed E-state index contributed by atoms with van der Waals surface area (Å²) in [5.74, 6) is -0.166. The zero-order valence-corrected chi connectivity index (χ0v) is 35.7. The number of ether oxygens (including phenoxy) is 3. The molecule has 0 aliphatic heterocycles. The van der Waals surface area contributed by atoms with E-state index in [1.165, 1.54) is 135 Å². The molecule has 6 nitrogen and oxygen atoms in total. The van der Waals surface area contributed by atoms with Gasteiger partial charge in [0.05, 0.1) is 6.61 Å². The van der Waals surface area contributed by atoms with Gasteiger partial charge in [-0.05, 0) is 104 Å². The molecule has 0 saturated heterocycles. The molecule has 310 valence electrons. The van der Waals surface area contributed by atoms with Crippen LogP contribution in [0.4, 0.5) is 4.79 Å². The average molecular weight is 746 g/mol. The third kappa shape index (κ3) is 40.9. The highest BCUT2D eigenvalue weighted by molar-refractivity contribution is 5.66. The molecule has 0 aromatic heterocycles. The van der Waals surface area contributed by atoms with Gasteiger partial charge in [0.2, 0.25) is 0 Å². The first-order valence-corrected chi connectivity index (χ1v) is 22.5. The maximum absolute atomic E-state index is 12.4. The van der Waals surface area contributed by atoms with Crippen LogP contribution in [-0.4, -0.2) is 56.5 Å². The molecule has 53 heavy (non-hydrogen) atoms. The van der Waals surface area contributed by atoms with E-state index in [9.17, 15) is 9.59 Å². The Labute approximate surface area is 329 Å². The molecular formula is C47H87NO5. The summed E-state index contributed by atoms with van der Waals surface area (Å²) in [7, 11) is 4.06. The Balaban J connectivity index is 4.14. The summed E-state index contributed by atoms with van der Waals surface area (Å²) >= 11 is 0. The lowest BCUT2D eigenvalue weighted by molar-refractivity contribution is -0.146. The molecule has 0 radical (unpaired) electrons. The molecule has 0 heterocycles. The van der Waals surface area contributed by atoms with Gasteiger partial charge in [-0.3, -0.25) is 4.79 Å². The van der Waals surface area contributed by atoms with Crippen LogP contribution in [0.2, 0.25) is 0 Å². The molecule has 0 saturated carbocycles. The van der Waals surface area contributed by atoms with Gasteiger partial charge in [-0.2, -0.15) is 0 Å². The third-order valence-corrected chi connectivity index (χ3v) is 9.88. The van der Waals surface area contributed by atoms with Crippen molar-refractivity contribution < 1.29 is 23.8 Å². The third-order valence-electron chi connectivity index (χ3n) is 9.88. The van der Waals surface area contributed by atoms with Crippen molar-refractivity contribution in [2.75, 3.05) is 27.2 Å². The van der Waals surface area contributed by atoms with Crippen LogP contribution in [0.1, 0.15) is 213 Å². The minimum absolute atomic E-state index is 0.0272. The molecule has 0 aromatic carbocycles. The Morgan fingerprint density at radius 3 is 1.45 bits per heavy atom. The van der Waals surface area contributed by atoms with Gasteiger partial charge in [0.1, 0.15) is 12.2 Å². The molecule has 0 rings (SSSR count). The normalized spacial score (nSPS) is 13.1. The van der Waals surface area contributed by atoms with Crippen molar-refractivity contribution in [2.45, 2.75) is 226 Å². The topological polar surface area (TPSA) is 65.1 Å². The lowest BCUT2D eigenvalue weighted by Gasteiger charge is -2.18. The molecule has 0 aliphatic rings. The monoisotopic (exact) mass is 746 g/mol. The van der Waals surface area contributed by atoms with E-state index in [1.807, 2.05) is 14.1 Å². The number of carbonyl (C=O) groups is 2. The van der Waals surface area contributed by atoms with Gasteiger partial charge < -0.3 is 19.1 Å². The standard InChI is InChI=1S/C47H87NO5/c1-6-8-10-12-13-14-15-16-17-18-19-21-25-28-31-35-40-46(53-47(50)51-43-37-42-48(4)5)41-36-32-29-26-23-20-22-24-27-30-34-39-45(52-44(3)49)38-33-11-9-7-2/h13-14,16-17,30,34,45-46H,6-12,15,18-29,31-33,35-43H2,1-5H3/b14-13-,17-16-,34-30-/t45-,46?/m1/s1. The number of nitrogens with zero attached hydrogens (tertiary/aromatic N) is 1. The zero-order valence-electron chi connectivity index (χ0n) is 35.7. The van der Waals surface area contributed by atoms with Crippen LogP contribution in [0.15, 0.2) is 36.5 Å². The van der Waals surface area contributed by atoms with E-state index in [2.05, 4.69) is 55.2 Å². The van der Waals surface area contributed by atoms with Crippen LogP contribution in [0.3, 0.4) is 0 Å². The first-order chi connectivity index (χ1) is 25.9. The SMILES string of the molecule is CCCCC/C=C\C/C=C\CCCCCCCCC(CCCCCCCCCC/C=C\C[C@@H](CCCCCC)OC(C)=O)OC(=O)OCCCN(C)C. The van der Waals surface area contributed by atoms with Gasteiger partial charge in [0.15, 0.2) is 0 Å². The fraction of sp³-hybridized carbons (Fsp3) is 0.830. The van der Waals surface area contributed by atoms with Gasteiger partial charge in [-0.15, -0.1) is 0 Å². The van der Waals surface area contributed by atoms with E-state index in [4.69, 9.17) is 14.2 Å². The molecule has 0 N–H and O–H groups in total.